The maximum atomic E-state index is 11.9. The Hall–Kier alpha value is -1.92. The highest BCUT2D eigenvalue weighted by Crippen LogP contribution is 2.22. The second-order valence-corrected chi connectivity index (χ2v) is 4.54. The number of hydrogen-bond donors (Lipinski definition) is 2. The van der Waals surface area contributed by atoms with Crippen molar-refractivity contribution >= 4 is 30.1 Å². The van der Waals surface area contributed by atoms with Crippen LogP contribution in [0.5, 0.6) is 0 Å². The summed E-state index contributed by atoms with van der Waals surface area (Å²) in [4.78, 5) is 36.6. The lowest BCUT2D eigenvalue weighted by atomic mass is 10.1. The summed E-state index contributed by atoms with van der Waals surface area (Å²) in [6.07, 6.45) is 0. The first-order valence-electron chi connectivity index (χ1n) is 6.51. The molecule has 1 aliphatic rings. The molecular weight excluding hydrogens is 294 g/mol. The number of halogens is 1. The molecule has 114 valence electrons. The highest BCUT2D eigenvalue weighted by atomic mass is 35.5. The van der Waals surface area contributed by atoms with Crippen molar-refractivity contribution in [1.29, 1.82) is 0 Å². The van der Waals surface area contributed by atoms with E-state index in [1.807, 2.05) is 6.92 Å². The fourth-order valence-corrected chi connectivity index (χ4v) is 2.05. The molecule has 0 aromatic heterocycles. The standard InChI is InChI=1S/C14H17N3O3.ClH/c1-3-15-6-7-16-12(18)9-4-5-10-11(8-9)14(20)17(2)13(10)19;/h4-5,8,15H,3,6-7H2,1-2H3,(H,16,18);1H. The van der Waals surface area contributed by atoms with Gasteiger partial charge in [0.05, 0.1) is 11.1 Å². The second-order valence-electron chi connectivity index (χ2n) is 4.54. The van der Waals surface area contributed by atoms with Crippen LogP contribution in [0.15, 0.2) is 18.2 Å². The van der Waals surface area contributed by atoms with Gasteiger partial charge in [-0.05, 0) is 24.7 Å². The first-order valence-corrected chi connectivity index (χ1v) is 6.51. The fourth-order valence-electron chi connectivity index (χ4n) is 2.05. The summed E-state index contributed by atoms with van der Waals surface area (Å²) in [7, 11) is 1.43. The Morgan fingerprint density at radius 2 is 1.81 bits per heavy atom. The van der Waals surface area contributed by atoms with Crippen LogP contribution in [-0.4, -0.2) is 49.3 Å². The van der Waals surface area contributed by atoms with E-state index in [1.165, 1.54) is 19.2 Å². The Morgan fingerprint density at radius 1 is 1.14 bits per heavy atom. The van der Waals surface area contributed by atoms with E-state index in [0.29, 0.717) is 24.2 Å². The van der Waals surface area contributed by atoms with Crippen molar-refractivity contribution in [1.82, 2.24) is 15.5 Å². The lowest BCUT2D eigenvalue weighted by Crippen LogP contribution is -2.31. The van der Waals surface area contributed by atoms with Gasteiger partial charge in [-0.3, -0.25) is 19.3 Å². The molecule has 0 fully saturated rings. The molecule has 3 amide bonds. The number of carbonyl (C=O) groups excluding carboxylic acids is 3. The summed E-state index contributed by atoms with van der Waals surface area (Å²) in [5.74, 6) is -0.947. The number of hydrogen-bond acceptors (Lipinski definition) is 4. The van der Waals surface area contributed by atoms with Gasteiger partial charge < -0.3 is 10.6 Å². The van der Waals surface area contributed by atoms with Crippen LogP contribution >= 0.6 is 12.4 Å². The number of carbonyl (C=O) groups is 3. The third-order valence-electron chi connectivity index (χ3n) is 3.19. The Morgan fingerprint density at radius 3 is 2.48 bits per heavy atom. The van der Waals surface area contributed by atoms with Crippen LogP contribution in [0.1, 0.15) is 38.0 Å². The Kier molecular flexibility index (Phi) is 5.87. The SMILES string of the molecule is CCNCCNC(=O)c1ccc2c(c1)C(=O)N(C)C2=O.Cl. The van der Waals surface area contributed by atoms with E-state index in [1.54, 1.807) is 6.07 Å². The van der Waals surface area contributed by atoms with Crippen molar-refractivity contribution in [3.05, 3.63) is 34.9 Å². The number of nitrogens with one attached hydrogen (secondary N) is 2. The van der Waals surface area contributed by atoms with E-state index in [9.17, 15) is 14.4 Å². The second kappa shape index (κ2) is 7.19. The summed E-state index contributed by atoms with van der Waals surface area (Å²) in [6, 6.07) is 4.56. The molecular formula is C14H18ClN3O3. The summed E-state index contributed by atoms with van der Waals surface area (Å²) in [6.45, 7) is 4.03. The van der Waals surface area contributed by atoms with Gasteiger partial charge in [-0.1, -0.05) is 6.92 Å². The predicted molar refractivity (Wildman–Crippen MR) is 81.0 cm³/mol. The molecule has 0 saturated carbocycles. The van der Waals surface area contributed by atoms with Crippen LogP contribution in [0, 0.1) is 0 Å². The van der Waals surface area contributed by atoms with Gasteiger partial charge in [0.15, 0.2) is 0 Å². The molecule has 0 spiro atoms. The molecule has 1 aromatic rings. The molecule has 1 heterocycles. The summed E-state index contributed by atoms with van der Waals surface area (Å²) >= 11 is 0. The summed E-state index contributed by atoms with van der Waals surface area (Å²) in [5, 5.41) is 5.85. The zero-order chi connectivity index (χ0) is 14.7. The van der Waals surface area contributed by atoms with Crippen molar-refractivity contribution in [3.8, 4) is 0 Å². The number of benzene rings is 1. The average molecular weight is 312 g/mol. The van der Waals surface area contributed by atoms with Gasteiger partial charge in [0.25, 0.3) is 17.7 Å². The molecule has 0 atom stereocenters. The Balaban J connectivity index is 0.00000220. The van der Waals surface area contributed by atoms with Gasteiger partial charge in [-0.2, -0.15) is 0 Å². The van der Waals surface area contributed by atoms with Gasteiger partial charge in [0.1, 0.15) is 0 Å². The van der Waals surface area contributed by atoms with E-state index in [2.05, 4.69) is 10.6 Å². The molecule has 0 saturated heterocycles. The zero-order valence-corrected chi connectivity index (χ0v) is 12.8. The topological polar surface area (TPSA) is 78.5 Å². The fraction of sp³-hybridized carbons (Fsp3) is 0.357. The number of rotatable bonds is 5. The largest absolute Gasteiger partial charge is 0.351 e. The van der Waals surface area contributed by atoms with Crippen LogP contribution in [0.2, 0.25) is 0 Å². The monoisotopic (exact) mass is 311 g/mol. The maximum absolute atomic E-state index is 11.9. The third kappa shape index (κ3) is 3.40. The molecule has 6 nitrogen and oxygen atoms in total. The number of likely N-dealkylation sites (N-methyl/N-ethyl adjacent to an activating group) is 1. The van der Waals surface area contributed by atoms with Crippen molar-refractivity contribution < 1.29 is 14.4 Å². The number of amides is 3. The molecule has 7 heteroatoms. The maximum Gasteiger partial charge on any atom is 0.261 e. The first-order chi connectivity index (χ1) is 9.56. The highest BCUT2D eigenvalue weighted by Gasteiger charge is 2.33. The van der Waals surface area contributed by atoms with Gasteiger partial charge in [0.2, 0.25) is 0 Å². The van der Waals surface area contributed by atoms with Gasteiger partial charge >= 0.3 is 0 Å². The molecule has 0 unspecified atom stereocenters. The smallest absolute Gasteiger partial charge is 0.261 e. The molecule has 1 aromatic carbocycles. The molecule has 2 rings (SSSR count). The van der Waals surface area contributed by atoms with E-state index in [-0.39, 0.29) is 35.7 Å². The Labute approximate surface area is 129 Å². The van der Waals surface area contributed by atoms with Gasteiger partial charge in [-0.15, -0.1) is 12.4 Å². The van der Waals surface area contributed by atoms with Crippen LogP contribution < -0.4 is 10.6 Å². The molecule has 2 N–H and O–H groups in total. The van der Waals surface area contributed by atoms with E-state index < -0.39 is 0 Å². The predicted octanol–water partition coefficient (Wildman–Crippen LogP) is 0.673. The normalized spacial score (nSPS) is 13.0. The van der Waals surface area contributed by atoms with E-state index in [0.717, 1.165) is 11.4 Å². The number of imide groups is 1. The minimum Gasteiger partial charge on any atom is -0.351 e. The minimum atomic E-state index is -0.368. The molecule has 0 aliphatic carbocycles. The zero-order valence-electron chi connectivity index (χ0n) is 11.9. The van der Waals surface area contributed by atoms with Crippen LogP contribution in [-0.2, 0) is 0 Å². The first kappa shape index (κ1) is 17.1. The van der Waals surface area contributed by atoms with Gasteiger partial charge in [0, 0.05) is 25.7 Å². The highest BCUT2D eigenvalue weighted by molar-refractivity contribution is 6.21. The van der Waals surface area contributed by atoms with Crippen LogP contribution in [0.25, 0.3) is 0 Å². The lowest BCUT2D eigenvalue weighted by molar-refractivity contribution is 0.0693. The van der Waals surface area contributed by atoms with E-state index >= 15 is 0 Å². The van der Waals surface area contributed by atoms with Crippen LogP contribution in [0.4, 0.5) is 0 Å². The van der Waals surface area contributed by atoms with Crippen molar-refractivity contribution in [3.63, 3.8) is 0 Å². The van der Waals surface area contributed by atoms with Crippen LogP contribution in [0.3, 0.4) is 0 Å². The van der Waals surface area contributed by atoms with Crippen molar-refractivity contribution in [2.75, 3.05) is 26.7 Å². The average Bonchev–Trinajstić information content (AvgIpc) is 2.68. The third-order valence-corrected chi connectivity index (χ3v) is 3.19. The van der Waals surface area contributed by atoms with Gasteiger partial charge in [-0.25, -0.2) is 0 Å². The van der Waals surface area contributed by atoms with E-state index in [4.69, 9.17) is 0 Å². The number of nitrogens with zero attached hydrogens (tertiary/aromatic N) is 1. The summed E-state index contributed by atoms with van der Waals surface area (Å²) < 4.78 is 0. The molecule has 0 radical (unpaired) electrons. The Bertz CT molecular complexity index is 575. The van der Waals surface area contributed by atoms with Crippen molar-refractivity contribution in [2.45, 2.75) is 6.92 Å². The molecule has 21 heavy (non-hydrogen) atoms. The molecule has 1 aliphatic heterocycles. The summed E-state index contributed by atoms with van der Waals surface area (Å²) in [5.41, 5.74) is 1.02. The van der Waals surface area contributed by atoms with Crippen molar-refractivity contribution in [2.24, 2.45) is 0 Å². The minimum absolute atomic E-state index is 0. The lowest BCUT2D eigenvalue weighted by Gasteiger charge is -2.06. The number of fused-ring (bicyclic) bond motifs is 1. The molecule has 0 bridgehead atoms. The quantitative estimate of drug-likeness (QED) is 0.619.